The van der Waals surface area contributed by atoms with Gasteiger partial charge < -0.3 is 5.32 Å². The molecule has 3 aromatic carbocycles. The number of hydrogen-bond donors (Lipinski definition) is 1. The van der Waals surface area contributed by atoms with Gasteiger partial charge in [-0.15, -0.1) is 0 Å². The zero-order chi connectivity index (χ0) is 21.1. The minimum absolute atomic E-state index is 0.00269. The molecule has 0 aliphatic rings. The minimum Gasteiger partial charge on any atom is -0.348 e. The van der Waals surface area contributed by atoms with Crippen molar-refractivity contribution in [3.8, 4) is 0 Å². The van der Waals surface area contributed by atoms with Crippen molar-refractivity contribution in [2.24, 2.45) is 0 Å². The number of carbonyl (C=O) groups excluding carboxylic acids is 1. The van der Waals surface area contributed by atoms with Crippen molar-refractivity contribution in [3.63, 3.8) is 0 Å². The molecule has 0 unspecified atom stereocenters. The second-order valence-electron chi connectivity index (χ2n) is 6.91. The molecule has 0 aliphatic heterocycles. The molecular weight excluding hydrogens is 391 g/mol. The molecule has 30 heavy (non-hydrogen) atoms. The second-order valence-corrected chi connectivity index (χ2v) is 6.91. The van der Waals surface area contributed by atoms with Gasteiger partial charge in [-0.2, -0.15) is 18.3 Å². The van der Waals surface area contributed by atoms with Crippen LogP contribution in [0, 0.1) is 0 Å². The number of alkyl halides is 3. The van der Waals surface area contributed by atoms with Gasteiger partial charge in [0.1, 0.15) is 0 Å². The zero-order valence-corrected chi connectivity index (χ0v) is 15.9. The first-order chi connectivity index (χ1) is 14.4. The summed E-state index contributed by atoms with van der Waals surface area (Å²) in [5, 5.41) is 7.79. The van der Waals surface area contributed by atoms with E-state index >= 15 is 0 Å². The summed E-state index contributed by atoms with van der Waals surface area (Å²) in [5.41, 5.74) is 1.97. The van der Waals surface area contributed by atoms with E-state index < -0.39 is 11.7 Å². The largest absolute Gasteiger partial charge is 0.416 e. The summed E-state index contributed by atoms with van der Waals surface area (Å²) in [4.78, 5) is 12.7. The highest BCUT2D eigenvalue weighted by atomic mass is 19.4. The molecular formula is C23H18F3N3O. The highest BCUT2D eigenvalue weighted by Crippen LogP contribution is 2.29. The van der Waals surface area contributed by atoms with E-state index in [-0.39, 0.29) is 12.5 Å². The molecule has 0 fully saturated rings. The molecule has 1 aromatic heterocycles. The zero-order valence-electron chi connectivity index (χ0n) is 15.9. The molecule has 4 nitrogen and oxygen atoms in total. The van der Waals surface area contributed by atoms with E-state index in [9.17, 15) is 18.0 Å². The summed E-state index contributed by atoms with van der Waals surface area (Å²) in [5.74, 6) is -0.364. The molecule has 0 aliphatic carbocycles. The Bertz CT molecular complexity index is 1180. The highest BCUT2D eigenvalue weighted by Gasteiger charge is 2.30. The van der Waals surface area contributed by atoms with E-state index in [4.69, 9.17) is 0 Å². The minimum atomic E-state index is -4.42. The Morgan fingerprint density at radius 1 is 0.933 bits per heavy atom. The smallest absolute Gasteiger partial charge is 0.348 e. The van der Waals surface area contributed by atoms with E-state index in [0.29, 0.717) is 23.1 Å². The SMILES string of the molecule is O=C(NCc1cccc(C(F)(F)F)c1)c1cccc2c1cnn2Cc1ccccc1. The molecule has 4 rings (SSSR count). The number of halogens is 3. The molecule has 0 atom stereocenters. The van der Waals surface area contributed by atoms with Crippen molar-refractivity contribution in [1.82, 2.24) is 15.1 Å². The summed E-state index contributed by atoms with van der Waals surface area (Å²) in [6.07, 6.45) is -2.78. The standard InChI is InChI=1S/C23H18F3N3O/c24-23(25,26)18-9-4-8-17(12-18)13-27-22(30)19-10-5-11-21-20(19)14-28-29(21)15-16-6-2-1-3-7-16/h1-12,14H,13,15H2,(H,27,30). The monoisotopic (exact) mass is 409 g/mol. The Balaban J connectivity index is 1.53. The molecule has 0 bridgehead atoms. The van der Waals surface area contributed by atoms with Crippen LogP contribution in [0.1, 0.15) is 27.0 Å². The van der Waals surface area contributed by atoms with Crippen LogP contribution in [0.25, 0.3) is 10.9 Å². The van der Waals surface area contributed by atoms with Crippen LogP contribution >= 0.6 is 0 Å². The van der Waals surface area contributed by atoms with E-state index in [2.05, 4.69) is 10.4 Å². The summed E-state index contributed by atoms with van der Waals surface area (Å²) in [6.45, 7) is 0.566. The fourth-order valence-corrected chi connectivity index (χ4v) is 3.32. The number of hydrogen-bond acceptors (Lipinski definition) is 2. The number of benzene rings is 3. The van der Waals surface area contributed by atoms with Crippen molar-refractivity contribution < 1.29 is 18.0 Å². The van der Waals surface area contributed by atoms with Crippen molar-refractivity contribution in [2.45, 2.75) is 19.3 Å². The molecule has 1 N–H and O–H groups in total. The Kier molecular flexibility index (Phi) is 5.27. The van der Waals surface area contributed by atoms with E-state index in [1.165, 1.54) is 6.07 Å². The Labute approximate surface area is 171 Å². The lowest BCUT2D eigenvalue weighted by molar-refractivity contribution is -0.137. The lowest BCUT2D eigenvalue weighted by atomic mass is 10.1. The van der Waals surface area contributed by atoms with Gasteiger partial charge in [-0.05, 0) is 35.4 Å². The summed E-state index contributed by atoms with van der Waals surface area (Å²) >= 11 is 0. The van der Waals surface area contributed by atoms with Gasteiger partial charge in [0, 0.05) is 11.9 Å². The van der Waals surface area contributed by atoms with Crippen molar-refractivity contribution in [3.05, 3.63) is 101 Å². The lowest BCUT2D eigenvalue weighted by Gasteiger charge is -2.10. The third-order valence-electron chi connectivity index (χ3n) is 4.81. The number of carbonyl (C=O) groups is 1. The van der Waals surface area contributed by atoms with E-state index in [1.54, 1.807) is 24.4 Å². The average molecular weight is 409 g/mol. The van der Waals surface area contributed by atoms with Gasteiger partial charge in [0.2, 0.25) is 0 Å². The Morgan fingerprint density at radius 3 is 2.43 bits per heavy atom. The predicted octanol–water partition coefficient (Wildman–Crippen LogP) is 5.03. The second kappa shape index (κ2) is 8.02. The summed E-state index contributed by atoms with van der Waals surface area (Å²) < 4.78 is 40.4. The first-order valence-corrected chi connectivity index (χ1v) is 9.34. The molecule has 0 radical (unpaired) electrons. The molecule has 0 saturated carbocycles. The normalized spacial score (nSPS) is 11.6. The van der Waals surface area contributed by atoms with E-state index in [0.717, 1.165) is 23.2 Å². The summed E-state index contributed by atoms with van der Waals surface area (Å²) in [6, 6.07) is 20.1. The van der Waals surface area contributed by atoms with Gasteiger partial charge in [0.05, 0.1) is 29.4 Å². The third-order valence-corrected chi connectivity index (χ3v) is 4.81. The first kappa shape index (κ1) is 19.7. The van der Waals surface area contributed by atoms with Crippen molar-refractivity contribution in [1.29, 1.82) is 0 Å². The number of rotatable bonds is 5. The van der Waals surface area contributed by atoms with Gasteiger partial charge >= 0.3 is 6.18 Å². The van der Waals surface area contributed by atoms with Crippen LogP contribution in [0.2, 0.25) is 0 Å². The molecule has 0 spiro atoms. The molecule has 4 aromatic rings. The van der Waals surface area contributed by atoms with Gasteiger partial charge in [0.15, 0.2) is 0 Å². The Morgan fingerprint density at radius 2 is 1.67 bits per heavy atom. The molecule has 7 heteroatoms. The fourth-order valence-electron chi connectivity index (χ4n) is 3.32. The maximum atomic E-state index is 12.9. The van der Waals surface area contributed by atoms with Crippen LogP contribution in [-0.4, -0.2) is 15.7 Å². The van der Waals surface area contributed by atoms with Crippen LogP contribution in [0.5, 0.6) is 0 Å². The number of fused-ring (bicyclic) bond motifs is 1. The lowest BCUT2D eigenvalue weighted by Crippen LogP contribution is -2.23. The first-order valence-electron chi connectivity index (χ1n) is 9.34. The Hall–Kier alpha value is -3.61. The maximum Gasteiger partial charge on any atom is 0.416 e. The number of aromatic nitrogens is 2. The molecule has 152 valence electrons. The highest BCUT2D eigenvalue weighted by molar-refractivity contribution is 6.06. The van der Waals surface area contributed by atoms with Crippen LogP contribution in [-0.2, 0) is 19.3 Å². The third kappa shape index (κ3) is 4.20. The van der Waals surface area contributed by atoms with Crippen molar-refractivity contribution >= 4 is 16.8 Å². The number of nitrogens with zero attached hydrogens (tertiary/aromatic N) is 2. The quantitative estimate of drug-likeness (QED) is 0.502. The van der Waals surface area contributed by atoms with Crippen LogP contribution in [0.3, 0.4) is 0 Å². The van der Waals surface area contributed by atoms with Gasteiger partial charge in [-0.25, -0.2) is 0 Å². The maximum absolute atomic E-state index is 12.9. The summed E-state index contributed by atoms with van der Waals surface area (Å²) in [7, 11) is 0. The average Bonchev–Trinajstić information content (AvgIpc) is 3.15. The number of nitrogens with one attached hydrogen (secondary N) is 1. The molecule has 0 saturated heterocycles. The van der Waals surface area contributed by atoms with Gasteiger partial charge in [0.25, 0.3) is 5.91 Å². The van der Waals surface area contributed by atoms with Crippen molar-refractivity contribution in [2.75, 3.05) is 0 Å². The fraction of sp³-hybridized carbons (Fsp3) is 0.130. The molecule has 1 heterocycles. The predicted molar refractivity (Wildman–Crippen MR) is 108 cm³/mol. The van der Waals surface area contributed by atoms with E-state index in [1.807, 2.05) is 41.1 Å². The van der Waals surface area contributed by atoms with Crippen LogP contribution in [0.15, 0.2) is 79.0 Å². The van der Waals surface area contributed by atoms with Gasteiger partial charge in [-0.3, -0.25) is 9.48 Å². The van der Waals surface area contributed by atoms with Gasteiger partial charge in [-0.1, -0.05) is 48.5 Å². The topological polar surface area (TPSA) is 46.9 Å². The number of amides is 1. The molecule has 1 amide bonds. The van der Waals surface area contributed by atoms with Crippen LogP contribution < -0.4 is 5.32 Å². The van der Waals surface area contributed by atoms with Crippen LogP contribution in [0.4, 0.5) is 13.2 Å².